The number of hydrogen-bond donors (Lipinski definition) is 1. The first-order valence-corrected chi connectivity index (χ1v) is 3.85. The van der Waals surface area contributed by atoms with E-state index >= 15 is 0 Å². The largest absolute Gasteiger partial charge is 0.464 e. The summed E-state index contributed by atoms with van der Waals surface area (Å²) in [6.45, 7) is 5.79. The Morgan fingerprint density at radius 3 is 2.36 bits per heavy atom. The normalized spacial score (nSPS) is 13.9. The van der Waals surface area contributed by atoms with Gasteiger partial charge in [0.1, 0.15) is 17.6 Å². The van der Waals surface area contributed by atoms with Crippen LogP contribution in [0.4, 0.5) is 0 Å². The fourth-order valence-electron chi connectivity index (χ4n) is 0.941. The standard InChI is InChI=1S/C9H14O2/c1-6(2)9(10)8-5-4-7(3)11-8/h4-6,9-10H,1-3H3/t9-/m0/s1. The third-order valence-corrected chi connectivity index (χ3v) is 1.68. The monoisotopic (exact) mass is 154 g/mol. The van der Waals surface area contributed by atoms with Crippen LogP contribution in [-0.4, -0.2) is 5.11 Å². The van der Waals surface area contributed by atoms with Crippen LogP contribution in [0.3, 0.4) is 0 Å². The van der Waals surface area contributed by atoms with E-state index < -0.39 is 6.10 Å². The van der Waals surface area contributed by atoms with Gasteiger partial charge >= 0.3 is 0 Å². The molecule has 1 rings (SSSR count). The highest BCUT2D eigenvalue weighted by Gasteiger charge is 2.14. The molecule has 0 radical (unpaired) electrons. The lowest BCUT2D eigenvalue weighted by Crippen LogP contribution is -2.03. The van der Waals surface area contributed by atoms with Crippen molar-refractivity contribution >= 4 is 0 Å². The van der Waals surface area contributed by atoms with Crippen molar-refractivity contribution < 1.29 is 9.52 Å². The number of rotatable bonds is 2. The van der Waals surface area contributed by atoms with Crippen molar-refractivity contribution in [1.29, 1.82) is 0 Å². The predicted octanol–water partition coefficient (Wildman–Crippen LogP) is 2.28. The maximum Gasteiger partial charge on any atom is 0.132 e. The van der Waals surface area contributed by atoms with E-state index in [-0.39, 0.29) is 5.92 Å². The van der Waals surface area contributed by atoms with E-state index in [9.17, 15) is 5.11 Å². The van der Waals surface area contributed by atoms with Gasteiger partial charge in [-0.3, -0.25) is 0 Å². The van der Waals surface area contributed by atoms with Crippen molar-refractivity contribution in [3.63, 3.8) is 0 Å². The van der Waals surface area contributed by atoms with Gasteiger partial charge in [-0.15, -0.1) is 0 Å². The van der Waals surface area contributed by atoms with Crippen molar-refractivity contribution in [1.82, 2.24) is 0 Å². The third-order valence-electron chi connectivity index (χ3n) is 1.68. The van der Waals surface area contributed by atoms with Crippen LogP contribution >= 0.6 is 0 Å². The quantitative estimate of drug-likeness (QED) is 0.709. The molecule has 0 saturated heterocycles. The van der Waals surface area contributed by atoms with Gasteiger partial charge in [-0.25, -0.2) is 0 Å². The Morgan fingerprint density at radius 1 is 1.36 bits per heavy atom. The Balaban J connectivity index is 2.76. The molecule has 1 heterocycles. The van der Waals surface area contributed by atoms with E-state index in [0.29, 0.717) is 5.76 Å². The minimum absolute atomic E-state index is 0.209. The van der Waals surface area contributed by atoms with Gasteiger partial charge in [0.2, 0.25) is 0 Å². The summed E-state index contributed by atoms with van der Waals surface area (Å²) in [6.07, 6.45) is -0.469. The van der Waals surface area contributed by atoms with E-state index in [0.717, 1.165) is 5.76 Å². The van der Waals surface area contributed by atoms with Gasteiger partial charge in [0.05, 0.1) is 0 Å². The van der Waals surface area contributed by atoms with Crippen LogP contribution in [0, 0.1) is 12.8 Å². The lowest BCUT2D eigenvalue weighted by atomic mass is 10.1. The smallest absolute Gasteiger partial charge is 0.132 e. The van der Waals surface area contributed by atoms with Crippen LogP contribution in [0.2, 0.25) is 0 Å². The summed E-state index contributed by atoms with van der Waals surface area (Å²) in [7, 11) is 0. The highest BCUT2D eigenvalue weighted by atomic mass is 16.4. The highest BCUT2D eigenvalue weighted by Crippen LogP contribution is 2.22. The Bertz CT molecular complexity index is 225. The van der Waals surface area contributed by atoms with Crippen molar-refractivity contribution in [2.75, 3.05) is 0 Å². The fourth-order valence-corrected chi connectivity index (χ4v) is 0.941. The third kappa shape index (κ3) is 1.84. The molecule has 0 aliphatic carbocycles. The number of aliphatic hydroxyl groups is 1. The van der Waals surface area contributed by atoms with Crippen LogP contribution in [-0.2, 0) is 0 Å². The lowest BCUT2D eigenvalue weighted by molar-refractivity contribution is 0.102. The maximum atomic E-state index is 9.52. The number of hydrogen-bond acceptors (Lipinski definition) is 2. The molecule has 1 N–H and O–H groups in total. The number of aliphatic hydroxyl groups excluding tert-OH is 1. The number of furan rings is 1. The summed E-state index contributed by atoms with van der Waals surface area (Å²) >= 11 is 0. The van der Waals surface area contributed by atoms with Crippen molar-refractivity contribution in [2.24, 2.45) is 5.92 Å². The molecule has 0 spiro atoms. The zero-order chi connectivity index (χ0) is 8.43. The van der Waals surface area contributed by atoms with Gasteiger partial charge in [0.25, 0.3) is 0 Å². The highest BCUT2D eigenvalue weighted by molar-refractivity contribution is 5.08. The van der Waals surface area contributed by atoms with Gasteiger partial charge < -0.3 is 9.52 Å². The Hall–Kier alpha value is -0.760. The SMILES string of the molecule is Cc1ccc([C@@H](O)C(C)C)o1. The second kappa shape index (κ2) is 3.09. The molecular weight excluding hydrogens is 140 g/mol. The summed E-state index contributed by atoms with van der Waals surface area (Å²) in [6, 6.07) is 3.68. The molecule has 2 nitrogen and oxygen atoms in total. The minimum atomic E-state index is -0.469. The summed E-state index contributed by atoms with van der Waals surface area (Å²) in [4.78, 5) is 0. The Labute approximate surface area is 66.8 Å². The van der Waals surface area contributed by atoms with Gasteiger partial charge in [0.15, 0.2) is 0 Å². The molecule has 0 aromatic carbocycles. The van der Waals surface area contributed by atoms with Gasteiger partial charge in [-0.1, -0.05) is 13.8 Å². The molecule has 0 aliphatic rings. The molecule has 0 unspecified atom stereocenters. The summed E-state index contributed by atoms with van der Waals surface area (Å²) in [5, 5.41) is 9.52. The molecule has 1 aromatic rings. The van der Waals surface area contributed by atoms with Crippen LogP contribution < -0.4 is 0 Å². The average molecular weight is 154 g/mol. The van der Waals surface area contributed by atoms with E-state index in [1.807, 2.05) is 32.9 Å². The first kappa shape index (κ1) is 8.34. The maximum absolute atomic E-state index is 9.52. The van der Waals surface area contributed by atoms with Gasteiger partial charge in [-0.2, -0.15) is 0 Å². The number of aryl methyl sites for hydroxylation is 1. The average Bonchev–Trinajstić information content (AvgIpc) is 2.34. The zero-order valence-electron chi connectivity index (χ0n) is 7.16. The first-order chi connectivity index (χ1) is 5.11. The molecule has 1 atom stereocenters. The Morgan fingerprint density at radius 2 is 2.00 bits per heavy atom. The van der Waals surface area contributed by atoms with Crippen LogP contribution in [0.1, 0.15) is 31.5 Å². The van der Waals surface area contributed by atoms with Crippen molar-refractivity contribution in [3.8, 4) is 0 Å². The van der Waals surface area contributed by atoms with Crippen molar-refractivity contribution in [3.05, 3.63) is 23.7 Å². The second-order valence-corrected chi connectivity index (χ2v) is 3.14. The van der Waals surface area contributed by atoms with Crippen LogP contribution in [0.25, 0.3) is 0 Å². The topological polar surface area (TPSA) is 33.4 Å². The Kier molecular flexibility index (Phi) is 2.35. The molecule has 0 amide bonds. The second-order valence-electron chi connectivity index (χ2n) is 3.14. The molecule has 1 aromatic heterocycles. The van der Waals surface area contributed by atoms with Crippen LogP contribution in [0.15, 0.2) is 16.5 Å². The van der Waals surface area contributed by atoms with E-state index in [4.69, 9.17) is 4.42 Å². The molecular formula is C9H14O2. The molecule has 0 bridgehead atoms. The van der Waals surface area contributed by atoms with Crippen molar-refractivity contribution in [2.45, 2.75) is 26.9 Å². The summed E-state index contributed by atoms with van der Waals surface area (Å²) in [5.74, 6) is 1.72. The lowest BCUT2D eigenvalue weighted by Gasteiger charge is -2.10. The van der Waals surface area contributed by atoms with Gasteiger partial charge in [0, 0.05) is 0 Å². The van der Waals surface area contributed by atoms with Gasteiger partial charge in [-0.05, 0) is 25.0 Å². The van der Waals surface area contributed by atoms with E-state index in [1.165, 1.54) is 0 Å². The molecule has 11 heavy (non-hydrogen) atoms. The van der Waals surface area contributed by atoms with Crippen LogP contribution in [0.5, 0.6) is 0 Å². The minimum Gasteiger partial charge on any atom is -0.464 e. The summed E-state index contributed by atoms with van der Waals surface area (Å²) in [5.41, 5.74) is 0. The fraction of sp³-hybridized carbons (Fsp3) is 0.556. The molecule has 2 heteroatoms. The molecule has 0 aliphatic heterocycles. The summed E-state index contributed by atoms with van der Waals surface area (Å²) < 4.78 is 5.26. The predicted molar refractivity (Wildman–Crippen MR) is 43.2 cm³/mol. The zero-order valence-corrected chi connectivity index (χ0v) is 7.16. The van der Waals surface area contributed by atoms with E-state index in [2.05, 4.69) is 0 Å². The molecule has 0 saturated carbocycles. The first-order valence-electron chi connectivity index (χ1n) is 3.85. The van der Waals surface area contributed by atoms with E-state index in [1.54, 1.807) is 0 Å². The molecule has 62 valence electrons. The molecule has 0 fully saturated rings.